The Morgan fingerprint density at radius 3 is 2.62 bits per heavy atom. The van der Waals surface area contributed by atoms with Crippen molar-refractivity contribution < 1.29 is 18.8 Å². The summed E-state index contributed by atoms with van der Waals surface area (Å²) in [7, 11) is 0. The average Bonchev–Trinajstić information content (AvgIpc) is 3.27. The molecule has 4 rings (SSSR count). The number of nitrogens with zero attached hydrogens (tertiary/aromatic N) is 4. The molecule has 34 heavy (non-hydrogen) atoms. The maximum atomic E-state index is 12.4. The van der Waals surface area contributed by atoms with Crippen molar-refractivity contribution in [2.75, 3.05) is 6.54 Å². The van der Waals surface area contributed by atoms with E-state index in [4.69, 9.17) is 14.0 Å². The van der Waals surface area contributed by atoms with Crippen molar-refractivity contribution in [1.82, 2.24) is 15.0 Å². The number of amides is 1. The highest BCUT2D eigenvalue weighted by molar-refractivity contribution is 5.69. The molecule has 0 N–H and O–H groups in total. The number of nitriles is 1. The topological polar surface area (TPSA) is 101 Å². The first-order valence-electron chi connectivity index (χ1n) is 11.3. The zero-order valence-corrected chi connectivity index (χ0v) is 20.1. The summed E-state index contributed by atoms with van der Waals surface area (Å²) in [5.74, 6) is 1.32. The van der Waals surface area contributed by atoms with Gasteiger partial charge in [-0.3, -0.25) is 0 Å². The summed E-state index contributed by atoms with van der Waals surface area (Å²) in [6.07, 6.45) is 0.385. The molecule has 0 saturated heterocycles. The minimum atomic E-state index is -0.521. The van der Waals surface area contributed by atoms with Gasteiger partial charge in [-0.25, -0.2) is 4.79 Å². The molecule has 2 aromatic carbocycles. The summed E-state index contributed by atoms with van der Waals surface area (Å²) in [4.78, 5) is 18.7. The van der Waals surface area contributed by atoms with E-state index in [-0.39, 0.29) is 12.2 Å². The van der Waals surface area contributed by atoms with Crippen molar-refractivity contribution in [3.05, 3.63) is 53.1 Å². The van der Waals surface area contributed by atoms with Gasteiger partial charge in [0.05, 0.1) is 11.7 Å². The van der Waals surface area contributed by atoms with Crippen molar-refractivity contribution >= 4 is 6.09 Å². The van der Waals surface area contributed by atoms with Crippen LogP contribution in [-0.2, 0) is 17.7 Å². The Labute approximate surface area is 199 Å². The Morgan fingerprint density at radius 1 is 1.15 bits per heavy atom. The van der Waals surface area contributed by atoms with Gasteiger partial charge in [0, 0.05) is 24.2 Å². The smallest absolute Gasteiger partial charge is 0.410 e. The maximum Gasteiger partial charge on any atom is 0.410 e. The molecule has 1 aromatic heterocycles. The van der Waals surface area contributed by atoms with Crippen LogP contribution in [0.2, 0.25) is 0 Å². The van der Waals surface area contributed by atoms with E-state index in [0.717, 1.165) is 23.1 Å². The van der Waals surface area contributed by atoms with Gasteiger partial charge in [-0.15, -0.1) is 0 Å². The van der Waals surface area contributed by atoms with Crippen molar-refractivity contribution in [3.8, 4) is 34.7 Å². The Balaban J connectivity index is 1.52. The SMILES string of the molecule is CC(C)Oc1ccc(-c2nc(-c3ccc4c(c3)CCN(C(=O)OC(C)(C)C)C4)no2)cc1C#N. The lowest BCUT2D eigenvalue weighted by Crippen LogP contribution is -2.39. The minimum absolute atomic E-state index is 0.0341. The Hall–Kier alpha value is -3.86. The van der Waals surface area contributed by atoms with Crippen molar-refractivity contribution in [1.29, 1.82) is 5.26 Å². The molecule has 8 heteroatoms. The van der Waals surface area contributed by atoms with Crippen molar-refractivity contribution in [3.63, 3.8) is 0 Å². The van der Waals surface area contributed by atoms with Crippen molar-refractivity contribution in [2.45, 2.75) is 59.3 Å². The fourth-order valence-electron chi connectivity index (χ4n) is 3.74. The summed E-state index contributed by atoms with van der Waals surface area (Å²) in [6, 6.07) is 13.3. The highest BCUT2D eigenvalue weighted by Crippen LogP contribution is 2.30. The van der Waals surface area contributed by atoms with E-state index in [9.17, 15) is 10.1 Å². The molecule has 1 amide bonds. The first-order chi connectivity index (χ1) is 16.1. The van der Waals surface area contributed by atoms with Crippen LogP contribution in [0.4, 0.5) is 4.79 Å². The van der Waals surface area contributed by atoms with Crippen LogP contribution in [0.3, 0.4) is 0 Å². The third kappa shape index (κ3) is 5.20. The van der Waals surface area contributed by atoms with E-state index in [1.807, 2.05) is 52.8 Å². The maximum absolute atomic E-state index is 12.4. The second-order valence-corrected chi connectivity index (χ2v) is 9.55. The predicted molar refractivity (Wildman–Crippen MR) is 126 cm³/mol. The molecule has 3 aromatic rings. The fourth-order valence-corrected chi connectivity index (χ4v) is 3.74. The van der Waals surface area contributed by atoms with Crippen LogP contribution < -0.4 is 4.74 Å². The van der Waals surface area contributed by atoms with Gasteiger partial charge in [-0.1, -0.05) is 17.3 Å². The standard InChI is InChI=1S/C26H28N4O4/c1-16(2)32-22-9-8-19(13-21(22)14-27)24-28-23(29-34-24)18-6-7-20-15-30(11-10-17(20)12-18)25(31)33-26(3,4)5/h6-9,12-13,16H,10-11,15H2,1-5H3. The van der Waals surface area contributed by atoms with E-state index in [2.05, 4.69) is 16.2 Å². The molecule has 176 valence electrons. The summed E-state index contributed by atoms with van der Waals surface area (Å²) in [5.41, 5.74) is 3.59. The predicted octanol–water partition coefficient (Wildman–Crippen LogP) is 5.36. The van der Waals surface area contributed by atoms with Gasteiger partial charge >= 0.3 is 6.09 Å². The number of fused-ring (bicyclic) bond motifs is 1. The highest BCUT2D eigenvalue weighted by Gasteiger charge is 2.26. The fraction of sp³-hybridized carbons (Fsp3) is 0.385. The number of carbonyl (C=O) groups excluding carboxylic acids is 1. The molecule has 0 aliphatic carbocycles. The Morgan fingerprint density at radius 2 is 1.91 bits per heavy atom. The van der Waals surface area contributed by atoms with Crippen molar-refractivity contribution in [2.24, 2.45) is 0 Å². The molecular formula is C26H28N4O4. The van der Waals surface area contributed by atoms with Gasteiger partial charge in [0.15, 0.2) is 0 Å². The van der Waals surface area contributed by atoms with E-state index < -0.39 is 5.60 Å². The van der Waals surface area contributed by atoms with Gasteiger partial charge in [0.1, 0.15) is 17.4 Å². The minimum Gasteiger partial charge on any atom is -0.490 e. The molecule has 1 aliphatic rings. The normalized spacial score (nSPS) is 13.4. The first kappa shape index (κ1) is 23.3. The number of rotatable bonds is 4. The largest absolute Gasteiger partial charge is 0.490 e. The van der Waals surface area contributed by atoms with Crippen LogP contribution in [0.15, 0.2) is 40.9 Å². The van der Waals surface area contributed by atoms with Gasteiger partial charge in [-0.05, 0) is 76.4 Å². The molecule has 0 atom stereocenters. The molecule has 8 nitrogen and oxygen atoms in total. The lowest BCUT2D eigenvalue weighted by molar-refractivity contribution is 0.0224. The molecule has 0 unspecified atom stereocenters. The summed E-state index contributed by atoms with van der Waals surface area (Å²) < 4.78 is 16.7. The summed E-state index contributed by atoms with van der Waals surface area (Å²) >= 11 is 0. The number of ether oxygens (including phenoxy) is 2. The Bertz CT molecular complexity index is 1250. The molecule has 1 aliphatic heterocycles. The molecule has 0 radical (unpaired) electrons. The molecule has 0 saturated carbocycles. The lowest BCUT2D eigenvalue weighted by Gasteiger charge is -2.31. The number of hydrogen-bond donors (Lipinski definition) is 0. The first-order valence-corrected chi connectivity index (χ1v) is 11.3. The monoisotopic (exact) mass is 460 g/mol. The second kappa shape index (κ2) is 9.18. The van der Waals surface area contributed by atoms with Crippen LogP contribution in [0, 0.1) is 11.3 Å². The van der Waals surface area contributed by atoms with E-state index >= 15 is 0 Å². The van der Waals surface area contributed by atoms with Crippen LogP contribution in [0.5, 0.6) is 5.75 Å². The molecule has 2 heterocycles. The third-order valence-corrected chi connectivity index (χ3v) is 5.26. The molecule has 0 bridgehead atoms. The zero-order valence-electron chi connectivity index (χ0n) is 20.1. The van der Waals surface area contributed by atoms with E-state index in [1.165, 1.54) is 0 Å². The molecule has 0 fully saturated rings. The van der Waals surface area contributed by atoms with Gasteiger partial charge < -0.3 is 18.9 Å². The molecule has 0 spiro atoms. The third-order valence-electron chi connectivity index (χ3n) is 5.26. The van der Waals surface area contributed by atoms with Crippen LogP contribution in [0.25, 0.3) is 22.8 Å². The van der Waals surface area contributed by atoms with Gasteiger partial charge in [-0.2, -0.15) is 10.2 Å². The van der Waals surface area contributed by atoms with Crippen LogP contribution >= 0.6 is 0 Å². The average molecular weight is 461 g/mol. The Kier molecular flexibility index (Phi) is 6.29. The van der Waals surface area contributed by atoms with E-state index in [1.54, 1.807) is 23.1 Å². The van der Waals surface area contributed by atoms with Crippen LogP contribution in [-0.4, -0.2) is 39.4 Å². The summed E-state index contributed by atoms with van der Waals surface area (Å²) in [5, 5.41) is 13.6. The lowest BCUT2D eigenvalue weighted by atomic mass is 9.97. The summed E-state index contributed by atoms with van der Waals surface area (Å²) in [6.45, 7) is 10.5. The van der Waals surface area contributed by atoms with Gasteiger partial charge in [0.2, 0.25) is 5.82 Å². The molecular weight excluding hydrogens is 432 g/mol. The van der Waals surface area contributed by atoms with E-state index in [0.29, 0.717) is 41.7 Å². The van der Waals surface area contributed by atoms with Crippen LogP contribution in [0.1, 0.15) is 51.3 Å². The zero-order chi connectivity index (χ0) is 24.5. The number of hydrogen-bond acceptors (Lipinski definition) is 7. The highest BCUT2D eigenvalue weighted by atomic mass is 16.6. The van der Waals surface area contributed by atoms with Gasteiger partial charge in [0.25, 0.3) is 5.89 Å². The number of aromatic nitrogens is 2. The quantitative estimate of drug-likeness (QED) is 0.517. The number of benzene rings is 2. The second-order valence-electron chi connectivity index (χ2n) is 9.55. The number of carbonyl (C=O) groups is 1.